The molecule has 0 radical (unpaired) electrons. The average Bonchev–Trinajstić information content (AvgIpc) is 3.06. The molecule has 1 aromatic heterocycles. The average molecular weight is 399 g/mol. The van der Waals surface area contributed by atoms with Gasteiger partial charge in [0.1, 0.15) is 5.75 Å². The van der Waals surface area contributed by atoms with Crippen LogP contribution in [0.1, 0.15) is 10.4 Å². The van der Waals surface area contributed by atoms with E-state index in [1.807, 2.05) is 11.4 Å². The van der Waals surface area contributed by atoms with E-state index in [4.69, 9.17) is 21.1 Å². The molecule has 7 heteroatoms. The molecule has 0 N–H and O–H groups in total. The van der Waals surface area contributed by atoms with Gasteiger partial charge < -0.3 is 9.47 Å². The van der Waals surface area contributed by atoms with E-state index in [9.17, 15) is 4.79 Å². The topological polar surface area (TPSA) is 47.9 Å². The van der Waals surface area contributed by atoms with Crippen LogP contribution in [0.5, 0.6) is 5.75 Å². The van der Waals surface area contributed by atoms with E-state index in [2.05, 4.69) is 20.9 Å². The van der Waals surface area contributed by atoms with E-state index in [1.54, 1.807) is 24.3 Å². The van der Waals surface area contributed by atoms with Gasteiger partial charge in [0.25, 0.3) is 0 Å². The van der Waals surface area contributed by atoms with Gasteiger partial charge in [-0.15, -0.1) is 11.3 Å². The van der Waals surface area contributed by atoms with Crippen LogP contribution in [0.2, 0.25) is 5.02 Å². The lowest BCUT2D eigenvalue weighted by molar-refractivity contribution is -0.129. The number of ether oxygens (including phenoxy) is 2. The highest BCUT2D eigenvalue weighted by atomic mass is 79.9. The molecular formula is C15H9BrClNO3S. The zero-order chi connectivity index (χ0) is 15.7. The summed E-state index contributed by atoms with van der Waals surface area (Å²) < 4.78 is 11.4. The van der Waals surface area contributed by atoms with Crippen LogP contribution in [0.15, 0.2) is 44.8 Å². The lowest BCUT2D eigenvalue weighted by Crippen LogP contribution is -2.07. The fourth-order valence-corrected chi connectivity index (χ4v) is 3.45. The quantitative estimate of drug-likeness (QED) is 0.564. The first-order valence-electron chi connectivity index (χ1n) is 6.17. The fourth-order valence-electron chi connectivity index (χ4n) is 1.91. The SMILES string of the molecule is COc1ccc(Cl)cc1C1=N/C(=C/c2cc(Br)cs2)C(=O)O1. The molecule has 0 spiro atoms. The van der Waals surface area contributed by atoms with Gasteiger partial charge in [-0.25, -0.2) is 9.79 Å². The molecule has 0 atom stereocenters. The van der Waals surface area contributed by atoms with E-state index >= 15 is 0 Å². The minimum absolute atomic E-state index is 0.186. The van der Waals surface area contributed by atoms with Crippen LogP contribution in [-0.4, -0.2) is 19.0 Å². The molecule has 0 bridgehead atoms. The van der Waals surface area contributed by atoms with Crippen LogP contribution in [0, 0.1) is 0 Å². The minimum Gasteiger partial charge on any atom is -0.496 e. The van der Waals surface area contributed by atoms with Crippen LogP contribution >= 0.6 is 38.9 Å². The molecule has 0 amide bonds. The Kier molecular flexibility index (Phi) is 4.33. The number of methoxy groups -OCH3 is 1. The first-order chi connectivity index (χ1) is 10.6. The Morgan fingerprint density at radius 2 is 2.23 bits per heavy atom. The van der Waals surface area contributed by atoms with Gasteiger partial charge in [0, 0.05) is 19.8 Å². The summed E-state index contributed by atoms with van der Waals surface area (Å²) >= 11 is 10.9. The van der Waals surface area contributed by atoms with Crippen LogP contribution in [-0.2, 0) is 9.53 Å². The maximum absolute atomic E-state index is 12.0. The van der Waals surface area contributed by atoms with E-state index in [0.717, 1.165) is 9.35 Å². The number of rotatable bonds is 3. The largest absolute Gasteiger partial charge is 0.496 e. The molecule has 2 heterocycles. The molecule has 0 unspecified atom stereocenters. The Morgan fingerprint density at radius 3 is 2.91 bits per heavy atom. The third kappa shape index (κ3) is 3.09. The van der Waals surface area contributed by atoms with Crippen molar-refractivity contribution in [2.75, 3.05) is 7.11 Å². The van der Waals surface area contributed by atoms with Crippen molar-refractivity contribution in [2.24, 2.45) is 4.99 Å². The maximum atomic E-state index is 12.0. The summed E-state index contributed by atoms with van der Waals surface area (Å²) in [7, 11) is 1.53. The fraction of sp³-hybridized carbons (Fsp3) is 0.0667. The lowest BCUT2D eigenvalue weighted by atomic mass is 10.2. The van der Waals surface area contributed by atoms with Gasteiger partial charge in [0.2, 0.25) is 5.90 Å². The molecular weight excluding hydrogens is 390 g/mol. The molecule has 1 aliphatic rings. The number of nitrogens with zero attached hydrogens (tertiary/aromatic N) is 1. The van der Waals surface area contributed by atoms with Gasteiger partial charge in [-0.3, -0.25) is 0 Å². The van der Waals surface area contributed by atoms with Crippen LogP contribution in [0.3, 0.4) is 0 Å². The first-order valence-corrected chi connectivity index (χ1v) is 8.22. The lowest BCUT2D eigenvalue weighted by Gasteiger charge is -2.07. The van der Waals surface area contributed by atoms with E-state index in [1.165, 1.54) is 18.4 Å². The van der Waals surface area contributed by atoms with E-state index in [0.29, 0.717) is 16.3 Å². The molecule has 0 aliphatic carbocycles. The van der Waals surface area contributed by atoms with Crippen molar-refractivity contribution in [3.63, 3.8) is 0 Å². The molecule has 0 saturated heterocycles. The Labute approximate surface area is 144 Å². The minimum atomic E-state index is -0.499. The number of esters is 1. The Bertz CT molecular complexity index is 813. The number of thiophene rings is 1. The highest BCUT2D eigenvalue weighted by molar-refractivity contribution is 9.10. The highest BCUT2D eigenvalue weighted by Gasteiger charge is 2.26. The number of benzene rings is 1. The summed E-state index contributed by atoms with van der Waals surface area (Å²) in [6.45, 7) is 0. The predicted molar refractivity (Wildman–Crippen MR) is 90.6 cm³/mol. The third-order valence-electron chi connectivity index (χ3n) is 2.88. The van der Waals surface area contributed by atoms with Crippen molar-refractivity contribution in [1.29, 1.82) is 0 Å². The second-order valence-electron chi connectivity index (χ2n) is 4.35. The van der Waals surface area contributed by atoms with Crippen molar-refractivity contribution < 1.29 is 14.3 Å². The zero-order valence-electron chi connectivity index (χ0n) is 11.3. The molecule has 2 aromatic rings. The van der Waals surface area contributed by atoms with Gasteiger partial charge in [0.05, 0.1) is 12.7 Å². The van der Waals surface area contributed by atoms with Crippen LogP contribution in [0.4, 0.5) is 0 Å². The molecule has 4 nitrogen and oxygen atoms in total. The number of aliphatic imine (C=N–C) groups is 1. The highest BCUT2D eigenvalue weighted by Crippen LogP contribution is 2.29. The summed E-state index contributed by atoms with van der Waals surface area (Å²) in [4.78, 5) is 17.1. The van der Waals surface area contributed by atoms with Crippen LogP contribution in [0.25, 0.3) is 6.08 Å². The first kappa shape index (κ1) is 15.3. The molecule has 0 saturated carbocycles. The van der Waals surface area contributed by atoms with Crippen molar-refractivity contribution >= 4 is 56.8 Å². The van der Waals surface area contributed by atoms with Crippen molar-refractivity contribution in [3.05, 3.63) is 55.3 Å². The summed E-state index contributed by atoms with van der Waals surface area (Å²) in [5, 5.41) is 2.44. The number of cyclic esters (lactones) is 1. The monoisotopic (exact) mass is 397 g/mol. The van der Waals surface area contributed by atoms with Gasteiger partial charge in [-0.1, -0.05) is 11.6 Å². The third-order valence-corrected chi connectivity index (χ3v) is 4.75. The standard InChI is InChI=1S/C15H9BrClNO3S/c1-20-13-3-2-9(17)5-11(13)14-18-12(15(19)21-14)6-10-4-8(16)7-22-10/h2-7H,1H3/b12-6+. The smallest absolute Gasteiger partial charge is 0.363 e. The van der Waals surface area contributed by atoms with Crippen molar-refractivity contribution in [2.45, 2.75) is 0 Å². The number of carbonyl (C=O) groups is 1. The predicted octanol–water partition coefficient (Wildman–Crippen LogP) is 4.52. The van der Waals surface area contributed by atoms with Crippen molar-refractivity contribution in [1.82, 2.24) is 0 Å². The Morgan fingerprint density at radius 1 is 1.41 bits per heavy atom. The number of carbonyl (C=O) groups excluding carboxylic acids is 1. The van der Waals surface area contributed by atoms with Gasteiger partial charge in [-0.05, 0) is 46.3 Å². The molecule has 22 heavy (non-hydrogen) atoms. The van der Waals surface area contributed by atoms with Gasteiger partial charge >= 0.3 is 5.97 Å². The number of hydrogen-bond donors (Lipinski definition) is 0. The molecule has 112 valence electrons. The van der Waals surface area contributed by atoms with Gasteiger partial charge in [-0.2, -0.15) is 0 Å². The van der Waals surface area contributed by atoms with Crippen LogP contribution < -0.4 is 4.74 Å². The molecule has 3 rings (SSSR count). The number of halogens is 2. The zero-order valence-corrected chi connectivity index (χ0v) is 14.5. The van der Waals surface area contributed by atoms with Crippen molar-refractivity contribution in [3.8, 4) is 5.75 Å². The van der Waals surface area contributed by atoms with E-state index < -0.39 is 5.97 Å². The second-order valence-corrected chi connectivity index (χ2v) is 6.64. The number of hydrogen-bond acceptors (Lipinski definition) is 5. The molecule has 1 aromatic carbocycles. The summed E-state index contributed by atoms with van der Waals surface area (Å²) in [5.74, 6) is 0.226. The Hall–Kier alpha value is -1.63. The molecule has 1 aliphatic heterocycles. The molecule has 0 fully saturated rings. The normalized spacial score (nSPS) is 15.9. The van der Waals surface area contributed by atoms with Gasteiger partial charge in [0.15, 0.2) is 5.70 Å². The van der Waals surface area contributed by atoms with E-state index in [-0.39, 0.29) is 11.6 Å². The second kappa shape index (κ2) is 6.24. The summed E-state index contributed by atoms with van der Waals surface area (Å²) in [6, 6.07) is 6.95. The Balaban J connectivity index is 2.00. The summed E-state index contributed by atoms with van der Waals surface area (Å²) in [5.41, 5.74) is 0.783. The maximum Gasteiger partial charge on any atom is 0.363 e. The summed E-state index contributed by atoms with van der Waals surface area (Å²) in [6.07, 6.45) is 1.68.